The van der Waals surface area contributed by atoms with Gasteiger partial charge < -0.3 is 19.5 Å². The zero-order valence-corrected chi connectivity index (χ0v) is 8.22. The highest BCUT2D eigenvalue weighted by molar-refractivity contribution is 5.74. The number of aliphatic carboxylic acids is 1. The van der Waals surface area contributed by atoms with E-state index in [-0.39, 0.29) is 19.3 Å². The van der Waals surface area contributed by atoms with E-state index in [4.69, 9.17) is 14.6 Å². The van der Waals surface area contributed by atoms with E-state index in [1.54, 1.807) is 0 Å². The highest BCUT2D eigenvalue weighted by Gasteiger charge is 2.41. The number of cyclic esters (lactones) is 1. The Labute approximate surface area is 86.8 Å². The fourth-order valence-corrected chi connectivity index (χ4v) is 1.96. The van der Waals surface area contributed by atoms with Crippen LogP contribution in [0.1, 0.15) is 6.42 Å². The molecule has 2 aliphatic heterocycles. The van der Waals surface area contributed by atoms with Gasteiger partial charge in [0.05, 0.1) is 25.9 Å². The molecule has 0 saturated carbocycles. The lowest BCUT2D eigenvalue weighted by atomic mass is 10.0. The van der Waals surface area contributed by atoms with Gasteiger partial charge in [0, 0.05) is 6.54 Å². The molecule has 0 aromatic carbocycles. The van der Waals surface area contributed by atoms with Crippen molar-refractivity contribution in [2.24, 2.45) is 5.92 Å². The van der Waals surface area contributed by atoms with Gasteiger partial charge in [-0.1, -0.05) is 0 Å². The molecule has 6 nitrogen and oxygen atoms in total. The molecule has 0 spiro atoms. The number of ether oxygens (including phenoxy) is 2. The summed E-state index contributed by atoms with van der Waals surface area (Å²) in [5.41, 5.74) is 0. The molecule has 2 saturated heterocycles. The summed E-state index contributed by atoms with van der Waals surface area (Å²) in [7, 11) is 0. The first-order valence-corrected chi connectivity index (χ1v) is 4.94. The maximum atomic E-state index is 11.4. The molecular formula is C9H13NO5. The first-order valence-electron chi connectivity index (χ1n) is 4.94. The van der Waals surface area contributed by atoms with E-state index in [2.05, 4.69) is 0 Å². The summed E-state index contributed by atoms with van der Waals surface area (Å²) in [5.74, 6) is -1.55. The molecule has 6 heteroatoms. The average Bonchev–Trinajstić information content (AvgIpc) is 2.67. The van der Waals surface area contributed by atoms with E-state index in [0.717, 1.165) is 6.42 Å². The molecule has 0 radical (unpaired) electrons. The number of nitrogens with zero attached hydrogens (tertiary/aromatic N) is 1. The molecule has 2 aliphatic rings. The number of carboxylic acids is 1. The standard InChI is InChI=1S/C9H13NO5/c11-8(12)6-4-14-5-7(6)10-2-1-3-15-9(10)13/h6-7H,1-5H2,(H,11,12). The normalized spacial score (nSPS) is 31.5. The first kappa shape index (κ1) is 10.2. The number of carbonyl (C=O) groups is 2. The summed E-state index contributed by atoms with van der Waals surface area (Å²) in [6, 6.07) is -0.379. The predicted molar refractivity (Wildman–Crippen MR) is 48.4 cm³/mol. The Morgan fingerprint density at radius 1 is 1.47 bits per heavy atom. The monoisotopic (exact) mass is 215 g/mol. The SMILES string of the molecule is O=C(O)C1COCC1N1CCCOC1=O. The van der Waals surface area contributed by atoms with Crippen molar-refractivity contribution in [2.75, 3.05) is 26.4 Å². The van der Waals surface area contributed by atoms with E-state index in [9.17, 15) is 9.59 Å². The minimum Gasteiger partial charge on any atom is -0.481 e. The van der Waals surface area contributed by atoms with Crippen molar-refractivity contribution in [1.82, 2.24) is 4.90 Å². The lowest BCUT2D eigenvalue weighted by Crippen LogP contribution is -2.49. The largest absolute Gasteiger partial charge is 0.481 e. The van der Waals surface area contributed by atoms with E-state index >= 15 is 0 Å². The molecule has 0 aromatic rings. The maximum Gasteiger partial charge on any atom is 0.410 e. The Bertz CT molecular complexity index is 280. The van der Waals surface area contributed by atoms with Crippen LogP contribution in [0.5, 0.6) is 0 Å². The topological polar surface area (TPSA) is 76.1 Å². The first-order chi connectivity index (χ1) is 7.20. The highest BCUT2D eigenvalue weighted by atomic mass is 16.6. The molecular weight excluding hydrogens is 202 g/mol. The zero-order valence-electron chi connectivity index (χ0n) is 8.22. The number of carboxylic acid groups (broad SMARTS) is 1. The van der Waals surface area contributed by atoms with Crippen molar-refractivity contribution in [3.05, 3.63) is 0 Å². The van der Waals surface area contributed by atoms with Crippen molar-refractivity contribution >= 4 is 12.1 Å². The number of hydrogen-bond donors (Lipinski definition) is 1. The summed E-state index contributed by atoms with van der Waals surface area (Å²) in [6.07, 6.45) is 0.317. The van der Waals surface area contributed by atoms with E-state index in [1.165, 1.54) is 4.90 Å². The number of hydrogen-bond acceptors (Lipinski definition) is 4. The van der Waals surface area contributed by atoms with Gasteiger partial charge in [-0.3, -0.25) is 4.79 Å². The molecule has 1 N–H and O–H groups in total. The second kappa shape index (κ2) is 4.06. The molecule has 0 aromatic heterocycles. The number of carbonyl (C=O) groups excluding carboxylic acids is 1. The Kier molecular flexibility index (Phi) is 2.77. The van der Waals surface area contributed by atoms with Crippen LogP contribution in [0.25, 0.3) is 0 Å². The lowest BCUT2D eigenvalue weighted by molar-refractivity contribution is -0.143. The summed E-state index contributed by atoms with van der Waals surface area (Å²) in [5, 5.41) is 8.94. The summed E-state index contributed by atoms with van der Waals surface area (Å²) in [4.78, 5) is 23.8. The van der Waals surface area contributed by atoms with Crippen LogP contribution in [0.4, 0.5) is 4.79 Å². The summed E-state index contributed by atoms with van der Waals surface area (Å²) in [6.45, 7) is 1.42. The van der Waals surface area contributed by atoms with Gasteiger partial charge in [0.2, 0.25) is 0 Å². The Morgan fingerprint density at radius 2 is 2.27 bits per heavy atom. The van der Waals surface area contributed by atoms with Crippen LogP contribution in [0.15, 0.2) is 0 Å². The van der Waals surface area contributed by atoms with Crippen LogP contribution in [0.3, 0.4) is 0 Å². The minimum absolute atomic E-state index is 0.170. The van der Waals surface area contributed by atoms with Crippen LogP contribution in [0.2, 0.25) is 0 Å². The van der Waals surface area contributed by atoms with Crippen LogP contribution in [-0.4, -0.2) is 54.5 Å². The molecule has 2 unspecified atom stereocenters. The van der Waals surface area contributed by atoms with Gasteiger partial charge in [-0.2, -0.15) is 0 Å². The van der Waals surface area contributed by atoms with Gasteiger partial charge in [-0.15, -0.1) is 0 Å². The third kappa shape index (κ3) is 1.90. The molecule has 2 rings (SSSR count). The van der Waals surface area contributed by atoms with Gasteiger partial charge in [0.25, 0.3) is 0 Å². The van der Waals surface area contributed by atoms with E-state index < -0.39 is 18.0 Å². The Morgan fingerprint density at radius 3 is 2.93 bits per heavy atom. The quantitative estimate of drug-likeness (QED) is 0.697. The fourth-order valence-electron chi connectivity index (χ4n) is 1.96. The lowest BCUT2D eigenvalue weighted by Gasteiger charge is -2.32. The van der Waals surface area contributed by atoms with Crippen molar-refractivity contribution in [3.63, 3.8) is 0 Å². The van der Waals surface area contributed by atoms with Crippen molar-refractivity contribution in [1.29, 1.82) is 0 Å². The fraction of sp³-hybridized carbons (Fsp3) is 0.778. The van der Waals surface area contributed by atoms with Crippen LogP contribution < -0.4 is 0 Å². The molecule has 2 atom stereocenters. The van der Waals surface area contributed by atoms with E-state index in [1.807, 2.05) is 0 Å². The van der Waals surface area contributed by atoms with Crippen LogP contribution >= 0.6 is 0 Å². The van der Waals surface area contributed by atoms with Crippen molar-refractivity contribution < 1.29 is 24.2 Å². The molecule has 1 amide bonds. The molecule has 0 bridgehead atoms. The van der Waals surface area contributed by atoms with Crippen LogP contribution in [0, 0.1) is 5.92 Å². The molecule has 2 heterocycles. The molecule has 84 valence electrons. The van der Waals surface area contributed by atoms with Crippen LogP contribution in [-0.2, 0) is 14.3 Å². The smallest absolute Gasteiger partial charge is 0.410 e. The van der Waals surface area contributed by atoms with Crippen molar-refractivity contribution in [2.45, 2.75) is 12.5 Å². The van der Waals surface area contributed by atoms with Gasteiger partial charge in [0.1, 0.15) is 5.92 Å². The van der Waals surface area contributed by atoms with Crippen molar-refractivity contribution in [3.8, 4) is 0 Å². The summed E-state index contributed by atoms with van der Waals surface area (Å²) < 4.78 is 9.97. The van der Waals surface area contributed by atoms with Gasteiger partial charge in [-0.25, -0.2) is 4.79 Å². The minimum atomic E-state index is -0.920. The third-order valence-corrected chi connectivity index (χ3v) is 2.77. The molecule has 2 fully saturated rings. The maximum absolute atomic E-state index is 11.4. The second-order valence-corrected chi connectivity index (χ2v) is 3.71. The zero-order chi connectivity index (χ0) is 10.8. The number of rotatable bonds is 2. The van der Waals surface area contributed by atoms with Gasteiger partial charge in [0.15, 0.2) is 0 Å². The third-order valence-electron chi connectivity index (χ3n) is 2.77. The van der Waals surface area contributed by atoms with Gasteiger partial charge >= 0.3 is 12.1 Å². The average molecular weight is 215 g/mol. The molecule has 0 aliphatic carbocycles. The second-order valence-electron chi connectivity index (χ2n) is 3.71. The Balaban J connectivity index is 2.07. The summed E-state index contributed by atoms with van der Waals surface area (Å²) >= 11 is 0. The highest BCUT2D eigenvalue weighted by Crippen LogP contribution is 2.22. The molecule has 15 heavy (non-hydrogen) atoms. The number of amides is 1. The van der Waals surface area contributed by atoms with E-state index in [0.29, 0.717) is 13.2 Å². The van der Waals surface area contributed by atoms with Gasteiger partial charge in [-0.05, 0) is 6.42 Å². The predicted octanol–water partition coefficient (Wildman–Crippen LogP) is -0.0717. The Hall–Kier alpha value is -1.30.